The van der Waals surface area contributed by atoms with E-state index < -0.39 is 5.97 Å². The molecular weight excluding hydrogens is 358 g/mol. The van der Waals surface area contributed by atoms with Crippen molar-refractivity contribution in [1.82, 2.24) is 9.80 Å². The quantitative estimate of drug-likeness (QED) is 0.804. The maximum absolute atomic E-state index is 12.5. The van der Waals surface area contributed by atoms with Crippen molar-refractivity contribution in [3.05, 3.63) is 59.7 Å². The Bertz CT molecular complexity index is 815. The van der Waals surface area contributed by atoms with E-state index >= 15 is 0 Å². The number of anilines is 1. The van der Waals surface area contributed by atoms with Crippen LogP contribution in [0.25, 0.3) is 0 Å². The predicted octanol–water partition coefficient (Wildman–Crippen LogP) is 2.83. The van der Waals surface area contributed by atoms with Gasteiger partial charge in [-0.3, -0.25) is 4.90 Å². The third-order valence-electron chi connectivity index (χ3n) is 4.76. The number of carbonyl (C=O) groups excluding carboxylic acids is 2. The lowest BCUT2D eigenvalue weighted by Gasteiger charge is -2.34. The zero-order valence-corrected chi connectivity index (χ0v) is 16.2. The van der Waals surface area contributed by atoms with Gasteiger partial charge < -0.3 is 19.7 Å². The molecule has 3 rings (SSSR count). The number of esters is 1. The van der Waals surface area contributed by atoms with Crippen LogP contribution in [0.15, 0.2) is 48.5 Å². The van der Waals surface area contributed by atoms with Crippen LogP contribution in [-0.4, -0.2) is 62.2 Å². The maximum atomic E-state index is 12.5. The van der Waals surface area contributed by atoms with Crippen LogP contribution in [0.3, 0.4) is 0 Å². The average Bonchev–Trinajstić information content (AvgIpc) is 2.74. The minimum Gasteiger partial charge on any atom is -0.497 e. The molecular formula is C21H25N3O4. The standard InChI is InChI=1S/C21H25N3O4/c1-27-19-8-6-16(7-9-19)15-23-10-12-24(13-11-23)21(26)22-18-5-3-4-17(14-18)20(25)28-2/h3-9,14H,10-13,15H2,1-2H3,(H,22,26). The second-order valence-electron chi connectivity index (χ2n) is 6.61. The summed E-state index contributed by atoms with van der Waals surface area (Å²) in [6, 6.07) is 14.6. The summed E-state index contributed by atoms with van der Waals surface area (Å²) >= 11 is 0. The number of benzene rings is 2. The zero-order chi connectivity index (χ0) is 19.9. The number of hydrogen-bond donors (Lipinski definition) is 1. The Morgan fingerprint density at radius 3 is 2.36 bits per heavy atom. The van der Waals surface area contributed by atoms with Crippen LogP contribution in [0.2, 0.25) is 0 Å². The van der Waals surface area contributed by atoms with E-state index in [1.165, 1.54) is 12.7 Å². The normalized spacial score (nSPS) is 14.4. The highest BCUT2D eigenvalue weighted by atomic mass is 16.5. The number of carbonyl (C=O) groups is 2. The molecule has 0 spiro atoms. The Balaban J connectivity index is 1.50. The van der Waals surface area contributed by atoms with E-state index in [1.807, 2.05) is 12.1 Å². The zero-order valence-electron chi connectivity index (χ0n) is 16.2. The lowest BCUT2D eigenvalue weighted by molar-refractivity contribution is 0.0600. The summed E-state index contributed by atoms with van der Waals surface area (Å²) in [4.78, 5) is 28.2. The van der Waals surface area contributed by atoms with Crippen molar-refractivity contribution in [2.75, 3.05) is 45.7 Å². The van der Waals surface area contributed by atoms with Crippen molar-refractivity contribution in [2.45, 2.75) is 6.54 Å². The molecule has 2 aromatic rings. The van der Waals surface area contributed by atoms with Crippen LogP contribution < -0.4 is 10.1 Å². The highest BCUT2D eigenvalue weighted by Gasteiger charge is 2.21. The smallest absolute Gasteiger partial charge is 0.337 e. The van der Waals surface area contributed by atoms with Gasteiger partial charge >= 0.3 is 12.0 Å². The molecule has 0 radical (unpaired) electrons. The van der Waals surface area contributed by atoms with E-state index in [2.05, 4.69) is 22.3 Å². The van der Waals surface area contributed by atoms with Crippen molar-refractivity contribution in [1.29, 1.82) is 0 Å². The van der Waals surface area contributed by atoms with E-state index in [9.17, 15) is 9.59 Å². The van der Waals surface area contributed by atoms with Crippen molar-refractivity contribution in [3.8, 4) is 5.75 Å². The van der Waals surface area contributed by atoms with Gasteiger partial charge in [-0.2, -0.15) is 0 Å². The molecule has 7 nitrogen and oxygen atoms in total. The van der Waals surface area contributed by atoms with Crippen LogP contribution in [0.4, 0.5) is 10.5 Å². The second kappa shape index (κ2) is 9.23. The molecule has 28 heavy (non-hydrogen) atoms. The Labute approximate surface area is 164 Å². The van der Waals surface area contributed by atoms with Gasteiger partial charge in [-0.05, 0) is 35.9 Å². The molecule has 0 unspecified atom stereocenters. The Kier molecular flexibility index (Phi) is 6.49. The molecule has 1 fully saturated rings. The number of urea groups is 1. The van der Waals surface area contributed by atoms with Gasteiger partial charge in [-0.1, -0.05) is 18.2 Å². The number of nitrogens with one attached hydrogen (secondary N) is 1. The summed E-state index contributed by atoms with van der Waals surface area (Å²) in [6.45, 7) is 3.77. The van der Waals surface area contributed by atoms with Crippen LogP contribution in [0.1, 0.15) is 15.9 Å². The van der Waals surface area contributed by atoms with Crippen molar-refractivity contribution >= 4 is 17.7 Å². The number of rotatable bonds is 5. The van der Waals surface area contributed by atoms with Gasteiger partial charge in [0.25, 0.3) is 0 Å². The molecule has 1 heterocycles. The molecule has 0 atom stereocenters. The topological polar surface area (TPSA) is 71.1 Å². The SMILES string of the molecule is COC(=O)c1cccc(NC(=O)N2CCN(Cc3ccc(OC)cc3)CC2)c1. The minimum absolute atomic E-state index is 0.161. The number of hydrogen-bond acceptors (Lipinski definition) is 5. The number of piperazine rings is 1. The third-order valence-corrected chi connectivity index (χ3v) is 4.76. The van der Waals surface area contributed by atoms with Crippen molar-refractivity contribution in [2.24, 2.45) is 0 Å². The summed E-state index contributed by atoms with van der Waals surface area (Å²) in [5, 5.41) is 2.85. The Morgan fingerprint density at radius 1 is 1.00 bits per heavy atom. The Morgan fingerprint density at radius 2 is 1.71 bits per heavy atom. The fraction of sp³-hybridized carbons (Fsp3) is 0.333. The fourth-order valence-corrected chi connectivity index (χ4v) is 3.14. The highest BCUT2D eigenvalue weighted by Crippen LogP contribution is 2.16. The maximum Gasteiger partial charge on any atom is 0.337 e. The molecule has 148 valence electrons. The predicted molar refractivity (Wildman–Crippen MR) is 107 cm³/mol. The molecule has 2 amide bonds. The highest BCUT2D eigenvalue weighted by molar-refractivity contribution is 5.93. The first-order valence-electron chi connectivity index (χ1n) is 9.18. The number of ether oxygens (including phenoxy) is 2. The summed E-state index contributed by atoms with van der Waals surface area (Å²) in [7, 11) is 2.99. The molecule has 0 saturated carbocycles. The van der Waals surface area contributed by atoms with E-state index in [1.54, 1.807) is 36.3 Å². The molecule has 1 N–H and O–H groups in total. The first-order chi connectivity index (χ1) is 13.6. The second-order valence-corrected chi connectivity index (χ2v) is 6.61. The molecule has 7 heteroatoms. The summed E-state index contributed by atoms with van der Waals surface area (Å²) in [5.74, 6) is 0.421. The first-order valence-corrected chi connectivity index (χ1v) is 9.18. The van der Waals surface area contributed by atoms with Gasteiger partial charge in [-0.25, -0.2) is 9.59 Å². The minimum atomic E-state index is -0.428. The van der Waals surface area contributed by atoms with E-state index in [0.717, 1.165) is 25.4 Å². The molecule has 2 aromatic carbocycles. The molecule has 1 saturated heterocycles. The molecule has 1 aliphatic rings. The Hall–Kier alpha value is -3.06. The van der Waals surface area contributed by atoms with Gasteiger partial charge in [0.05, 0.1) is 19.8 Å². The molecule has 1 aliphatic heterocycles. The third kappa shape index (κ3) is 5.01. The number of nitrogens with zero attached hydrogens (tertiary/aromatic N) is 2. The van der Waals surface area contributed by atoms with Gasteiger partial charge in [-0.15, -0.1) is 0 Å². The molecule has 0 bridgehead atoms. The lowest BCUT2D eigenvalue weighted by atomic mass is 10.2. The van der Waals surface area contributed by atoms with Crippen LogP contribution in [0.5, 0.6) is 5.75 Å². The molecule has 0 aromatic heterocycles. The summed E-state index contributed by atoms with van der Waals surface area (Å²) in [5.41, 5.74) is 2.21. The van der Waals surface area contributed by atoms with Crippen LogP contribution >= 0.6 is 0 Å². The summed E-state index contributed by atoms with van der Waals surface area (Å²) < 4.78 is 9.90. The number of amides is 2. The van der Waals surface area contributed by atoms with Crippen molar-refractivity contribution in [3.63, 3.8) is 0 Å². The van der Waals surface area contributed by atoms with Gasteiger partial charge in [0, 0.05) is 38.4 Å². The fourth-order valence-electron chi connectivity index (χ4n) is 3.14. The summed E-state index contributed by atoms with van der Waals surface area (Å²) in [6.07, 6.45) is 0. The van der Waals surface area contributed by atoms with E-state index in [0.29, 0.717) is 24.3 Å². The van der Waals surface area contributed by atoms with Crippen LogP contribution in [-0.2, 0) is 11.3 Å². The monoisotopic (exact) mass is 383 g/mol. The largest absolute Gasteiger partial charge is 0.497 e. The average molecular weight is 383 g/mol. The first kappa shape index (κ1) is 19.7. The van der Waals surface area contributed by atoms with E-state index in [-0.39, 0.29) is 6.03 Å². The van der Waals surface area contributed by atoms with Gasteiger partial charge in [0.2, 0.25) is 0 Å². The van der Waals surface area contributed by atoms with Gasteiger partial charge in [0.1, 0.15) is 5.75 Å². The lowest BCUT2D eigenvalue weighted by Crippen LogP contribution is -2.49. The molecule has 0 aliphatic carbocycles. The van der Waals surface area contributed by atoms with Crippen molar-refractivity contribution < 1.29 is 19.1 Å². The van der Waals surface area contributed by atoms with E-state index in [4.69, 9.17) is 9.47 Å². The number of methoxy groups -OCH3 is 2. The van der Waals surface area contributed by atoms with Gasteiger partial charge in [0.15, 0.2) is 0 Å². The van der Waals surface area contributed by atoms with Crippen LogP contribution in [0, 0.1) is 0 Å².